The number of rotatable bonds is 10. The highest BCUT2D eigenvalue weighted by molar-refractivity contribution is 6.60. The van der Waals surface area contributed by atoms with Crippen LogP contribution in [-0.2, 0) is 35.8 Å². The number of carbonyl (C=O) groups is 2. The van der Waals surface area contributed by atoms with E-state index in [4.69, 9.17) is 13.3 Å². The van der Waals surface area contributed by atoms with Crippen molar-refractivity contribution in [3.05, 3.63) is 29.3 Å². The summed E-state index contributed by atoms with van der Waals surface area (Å²) in [6.45, 7) is 2.05. The van der Waals surface area contributed by atoms with Gasteiger partial charge in [-0.1, -0.05) is 24.2 Å². The molecule has 0 spiro atoms. The number of benzene rings is 1. The van der Waals surface area contributed by atoms with Crippen molar-refractivity contribution < 1.29 is 27.7 Å². The Morgan fingerprint density at radius 2 is 1.92 bits per heavy atom. The Morgan fingerprint density at radius 1 is 1.24 bits per heavy atom. The lowest BCUT2D eigenvalue weighted by molar-refractivity contribution is -0.129. The quantitative estimate of drug-likeness (QED) is 0.294. The summed E-state index contributed by atoms with van der Waals surface area (Å²) in [5, 5.41) is 8.73. The summed E-state index contributed by atoms with van der Waals surface area (Å²) in [6.07, 6.45) is 1.43. The Labute approximate surface area is 147 Å². The summed E-state index contributed by atoms with van der Waals surface area (Å²) in [7, 11) is 2.12. The van der Waals surface area contributed by atoms with E-state index in [0.717, 1.165) is 17.5 Å². The van der Waals surface area contributed by atoms with E-state index in [1.165, 1.54) is 0 Å². The van der Waals surface area contributed by atoms with Crippen molar-refractivity contribution in [2.75, 3.05) is 26.6 Å². The van der Waals surface area contributed by atoms with Crippen LogP contribution >= 0.6 is 0 Å². The number of carbonyl (C=O) groups excluding carboxylic acids is 2. The van der Waals surface area contributed by atoms with Gasteiger partial charge in [-0.2, -0.15) is 0 Å². The van der Waals surface area contributed by atoms with Gasteiger partial charge in [0.2, 0.25) is 0 Å². The predicted molar refractivity (Wildman–Crippen MR) is 92.1 cm³/mol. The Kier molecular flexibility index (Phi) is 8.92. The van der Waals surface area contributed by atoms with Gasteiger partial charge in [-0.15, -0.1) is 0 Å². The SMILES string of the molecule is CCc1cc(CC[Si](OC)(OC)OC)ccc1NC(=O)N=NOC=O. The van der Waals surface area contributed by atoms with E-state index in [1.807, 2.05) is 19.1 Å². The highest BCUT2D eigenvalue weighted by Crippen LogP contribution is 2.22. The van der Waals surface area contributed by atoms with Gasteiger partial charge in [0.25, 0.3) is 0 Å². The summed E-state index contributed by atoms with van der Waals surface area (Å²) < 4.78 is 16.2. The number of nitrogens with one attached hydrogen (secondary N) is 1. The number of urea groups is 1. The average molecular weight is 369 g/mol. The minimum absolute atomic E-state index is 0.0758. The van der Waals surface area contributed by atoms with Crippen molar-refractivity contribution in [2.45, 2.75) is 25.8 Å². The molecule has 1 N–H and O–H groups in total. The summed E-state index contributed by atoms with van der Waals surface area (Å²) in [6, 6.07) is 5.59. The normalized spacial score (nSPS) is 11.5. The van der Waals surface area contributed by atoms with E-state index in [-0.39, 0.29) is 6.47 Å². The molecule has 0 saturated carbocycles. The van der Waals surface area contributed by atoms with Crippen molar-refractivity contribution in [1.29, 1.82) is 0 Å². The molecule has 0 bridgehead atoms. The highest BCUT2D eigenvalue weighted by Gasteiger charge is 2.37. The lowest BCUT2D eigenvalue weighted by Gasteiger charge is -2.24. The Hall–Kier alpha value is -2.14. The molecule has 1 aromatic rings. The van der Waals surface area contributed by atoms with Gasteiger partial charge in [0, 0.05) is 38.3 Å². The smallest absolute Gasteiger partial charge is 0.377 e. The fourth-order valence-corrected chi connectivity index (χ4v) is 4.00. The molecule has 0 aliphatic rings. The Morgan fingerprint density at radius 3 is 2.48 bits per heavy atom. The maximum atomic E-state index is 11.6. The van der Waals surface area contributed by atoms with Crippen LogP contribution in [0.15, 0.2) is 28.6 Å². The molecule has 2 amide bonds. The molecule has 0 unspecified atom stereocenters. The van der Waals surface area contributed by atoms with E-state index in [1.54, 1.807) is 27.4 Å². The Balaban J connectivity index is 2.80. The van der Waals surface area contributed by atoms with E-state index >= 15 is 0 Å². The number of anilines is 1. The third kappa shape index (κ3) is 6.34. The zero-order valence-electron chi connectivity index (χ0n) is 14.8. The first-order valence-corrected chi connectivity index (χ1v) is 9.56. The maximum Gasteiger partial charge on any atom is 0.500 e. The lowest BCUT2D eigenvalue weighted by atomic mass is 10.0. The Bertz CT molecular complexity index is 599. The summed E-state index contributed by atoms with van der Waals surface area (Å²) in [5.74, 6) is 0. The number of aryl methyl sites for hydroxylation is 2. The summed E-state index contributed by atoms with van der Waals surface area (Å²) >= 11 is 0. The molecule has 138 valence electrons. The largest absolute Gasteiger partial charge is 0.500 e. The first kappa shape index (κ1) is 20.9. The molecule has 25 heavy (non-hydrogen) atoms. The highest BCUT2D eigenvalue weighted by atomic mass is 28.4. The van der Waals surface area contributed by atoms with Gasteiger partial charge >= 0.3 is 21.3 Å². The first-order chi connectivity index (χ1) is 12.0. The number of hydrogen-bond donors (Lipinski definition) is 1. The molecule has 10 heteroatoms. The zero-order valence-corrected chi connectivity index (χ0v) is 15.8. The monoisotopic (exact) mass is 369 g/mol. The van der Waals surface area contributed by atoms with Crippen molar-refractivity contribution in [1.82, 2.24) is 0 Å². The van der Waals surface area contributed by atoms with Crippen LogP contribution in [0.25, 0.3) is 0 Å². The first-order valence-electron chi connectivity index (χ1n) is 7.62. The van der Waals surface area contributed by atoms with Crippen LogP contribution in [0.2, 0.25) is 6.04 Å². The van der Waals surface area contributed by atoms with E-state index < -0.39 is 14.8 Å². The van der Waals surface area contributed by atoms with Crippen molar-refractivity contribution >= 4 is 27.0 Å². The van der Waals surface area contributed by atoms with Gasteiger partial charge in [0.1, 0.15) is 0 Å². The third-order valence-electron chi connectivity index (χ3n) is 3.67. The third-order valence-corrected chi connectivity index (χ3v) is 6.40. The van der Waals surface area contributed by atoms with Gasteiger partial charge in [-0.3, -0.25) is 4.79 Å². The molecular formula is C15H23N3O6Si. The molecule has 1 aromatic carbocycles. The van der Waals surface area contributed by atoms with E-state index in [9.17, 15) is 9.59 Å². The van der Waals surface area contributed by atoms with Crippen molar-refractivity contribution in [3.63, 3.8) is 0 Å². The topological polar surface area (TPSA) is 108 Å². The van der Waals surface area contributed by atoms with Crippen LogP contribution in [0.5, 0.6) is 0 Å². The standard InChI is InChI=1S/C15H23N3O6Si/c1-5-13-10-12(8-9-25(21-2,22-3)23-4)6-7-14(13)16-15(20)17-18-24-11-19/h6-7,10-11H,5,8-9H2,1-4H3,(H,16,20). The number of nitrogens with zero attached hydrogens (tertiary/aromatic N) is 2. The summed E-state index contributed by atoms with van der Waals surface area (Å²) in [5.41, 5.74) is 2.63. The van der Waals surface area contributed by atoms with E-state index in [2.05, 4.69) is 20.5 Å². The molecule has 0 radical (unpaired) electrons. The molecule has 0 aliphatic carbocycles. The van der Waals surface area contributed by atoms with Gasteiger partial charge < -0.3 is 23.4 Å². The van der Waals surface area contributed by atoms with Crippen LogP contribution in [0.3, 0.4) is 0 Å². The molecule has 0 saturated heterocycles. The van der Waals surface area contributed by atoms with Crippen LogP contribution in [0.1, 0.15) is 18.1 Å². The fraction of sp³-hybridized carbons (Fsp3) is 0.467. The predicted octanol–water partition coefficient (Wildman–Crippen LogP) is 2.74. The minimum atomic E-state index is -2.63. The second kappa shape index (κ2) is 10.7. The maximum absolute atomic E-state index is 11.6. The molecular weight excluding hydrogens is 346 g/mol. The molecule has 0 fully saturated rings. The molecule has 0 atom stereocenters. The van der Waals surface area contributed by atoms with Gasteiger partial charge in [-0.25, -0.2) is 4.79 Å². The molecule has 0 aromatic heterocycles. The summed E-state index contributed by atoms with van der Waals surface area (Å²) in [4.78, 5) is 25.5. The molecule has 1 rings (SSSR count). The van der Waals surface area contributed by atoms with Gasteiger partial charge in [-0.05, 0) is 30.0 Å². The number of hydrogen-bond acceptors (Lipinski definition) is 7. The number of amides is 2. The average Bonchev–Trinajstić information content (AvgIpc) is 2.64. The second-order valence-corrected chi connectivity index (χ2v) is 8.04. The minimum Gasteiger partial charge on any atom is -0.377 e. The van der Waals surface area contributed by atoms with Crippen LogP contribution in [-0.4, -0.2) is 42.6 Å². The zero-order chi connectivity index (χ0) is 18.7. The van der Waals surface area contributed by atoms with Crippen LogP contribution < -0.4 is 5.32 Å². The van der Waals surface area contributed by atoms with Crippen molar-refractivity contribution in [3.8, 4) is 0 Å². The van der Waals surface area contributed by atoms with Gasteiger partial charge in [0.15, 0.2) is 0 Å². The molecule has 9 nitrogen and oxygen atoms in total. The molecule has 0 aliphatic heterocycles. The van der Waals surface area contributed by atoms with Gasteiger partial charge in [0.05, 0.1) is 0 Å². The van der Waals surface area contributed by atoms with Crippen LogP contribution in [0, 0.1) is 0 Å². The lowest BCUT2D eigenvalue weighted by Crippen LogP contribution is -2.43. The van der Waals surface area contributed by atoms with Crippen LogP contribution in [0.4, 0.5) is 10.5 Å². The molecule has 0 heterocycles. The fourth-order valence-electron chi connectivity index (χ4n) is 2.29. The van der Waals surface area contributed by atoms with E-state index in [0.29, 0.717) is 18.2 Å². The van der Waals surface area contributed by atoms with Crippen molar-refractivity contribution in [2.24, 2.45) is 10.4 Å². The second-order valence-electron chi connectivity index (χ2n) is 4.95.